The molecule has 2 nitrogen and oxygen atoms in total. The van der Waals surface area contributed by atoms with Crippen LogP contribution in [0.25, 0.3) is 0 Å². The highest BCUT2D eigenvalue weighted by Crippen LogP contribution is 2.37. The van der Waals surface area contributed by atoms with Crippen LogP contribution in [-0.4, -0.2) is 18.1 Å². The van der Waals surface area contributed by atoms with E-state index in [1.54, 1.807) is 24.3 Å². The number of amidine groups is 1. The van der Waals surface area contributed by atoms with Gasteiger partial charge < -0.3 is 5.73 Å². The van der Waals surface area contributed by atoms with Gasteiger partial charge in [0.2, 0.25) is 0 Å². The second-order valence-corrected chi connectivity index (χ2v) is 4.23. The maximum Gasteiger partial charge on any atom is 0.394 e. The zero-order chi connectivity index (χ0) is 12.5. The molecule has 0 bridgehead atoms. The quantitative estimate of drug-likeness (QED) is 0.850. The van der Waals surface area contributed by atoms with Crippen molar-refractivity contribution in [1.29, 1.82) is 0 Å². The smallest absolute Gasteiger partial charge is 0.387 e. The van der Waals surface area contributed by atoms with Crippen molar-refractivity contribution in [2.45, 2.75) is 25.1 Å². The fourth-order valence-corrected chi connectivity index (χ4v) is 2.09. The monoisotopic (exact) mass is 242 g/mol. The minimum absolute atomic E-state index is 0.105. The SMILES string of the molecule is NC1=N[C@@H](Cc2ccccc2)C(C(F)(F)F)C1. The molecule has 0 amide bonds. The predicted molar refractivity (Wildman–Crippen MR) is 59.7 cm³/mol. The summed E-state index contributed by atoms with van der Waals surface area (Å²) in [6, 6.07) is 8.27. The number of halogens is 3. The standard InChI is InChI=1S/C12H13F3N2/c13-12(14,15)9-7-11(16)17-10(9)6-8-4-2-1-3-5-8/h1-5,9-10H,6-7H2,(H2,16,17)/t9?,10-/m0/s1. The van der Waals surface area contributed by atoms with E-state index in [0.29, 0.717) is 0 Å². The molecule has 1 aliphatic heterocycles. The molecule has 17 heavy (non-hydrogen) atoms. The van der Waals surface area contributed by atoms with Gasteiger partial charge >= 0.3 is 6.18 Å². The van der Waals surface area contributed by atoms with Gasteiger partial charge in [-0.25, -0.2) is 0 Å². The molecule has 0 saturated carbocycles. The van der Waals surface area contributed by atoms with E-state index < -0.39 is 18.1 Å². The van der Waals surface area contributed by atoms with E-state index in [1.165, 1.54) is 0 Å². The lowest BCUT2D eigenvalue weighted by Gasteiger charge is -2.20. The van der Waals surface area contributed by atoms with Gasteiger partial charge in [-0.1, -0.05) is 30.3 Å². The largest absolute Gasteiger partial charge is 0.394 e. The van der Waals surface area contributed by atoms with Crippen LogP contribution < -0.4 is 5.73 Å². The molecule has 2 N–H and O–H groups in total. The summed E-state index contributed by atoms with van der Waals surface area (Å²) in [5.74, 6) is -1.34. The van der Waals surface area contributed by atoms with Gasteiger partial charge in [-0.05, 0) is 12.0 Å². The summed E-state index contributed by atoms with van der Waals surface area (Å²) in [5, 5.41) is 0. The fourth-order valence-electron chi connectivity index (χ4n) is 2.09. The number of hydrogen-bond donors (Lipinski definition) is 1. The van der Waals surface area contributed by atoms with Crippen molar-refractivity contribution >= 4 is 5.84 Å². The summed E-state index contributed by atoms with van der Waals surface area (Å²) >= 11 is 0. The highest BCUT2D eigenvalue weighted by atomic mass is 19.4. The molecule has 1 heterocycles. The molecule has 0 radical (unpaired) electrons. The third-order valence-corrected chi connectivity index (χ3v) is 2.93. The molecule has 0 fully saturated rings. The molecule has 1 aliphatic rings. The van der Waals surface area contributed by atoms with Crippen molar-refractivity contribution in [3.05, 3.63) is 35.9 Å². The van der Waals surface area contributed by atoms with E-state index in [0.717, 1.165) is 5.56 Å². The Hall–Kier alpha value is -1.52. The van der Waals surface area contributed by atoms with Gasteiger partial charge in [-0.3, -0.25) is 4.99 Å². The fraction of sp³-hybridized carbons (Fsp3) is 0.417. The number of benzene rings is 1. The molecule has 0 aliphatic carbocycles. The molecule has 5 heteroatoms. The average Bonchev–Trinajstić information content (AvgIpc) is 2.60. The lowest BCUT2D eigenvalue weighted by molar-refractivity contribution is -0.175. The Kier molecular flexibility index (Phi) is 3.09. The van der Waals surface area contributed by atoms with Gasteiger partial charge in [-0.2, -0.15) is 13.2 Å². The molecule has 1 aromatic carbocycles. The minimum atomic E-state index is -4.23. The summed E-state index contributed by atoms with van der Waals surface area (Å²) in [5.41, 5.74) is 6.27. The Morgan fingerprint density at radius 1 is 1.24 bits per heavy atom. The van der Waals surface area contributed by atoms with Crippen LogP contribution >= 0.6 is 0 Å². The van der Waals surface area contributed by atoms with Crippen molar-refractivity contribution in [3.8, 4) is 0 Å². The normalized spacial score (nSPS) is 24.8. The molecule has 2 rings (SSSR count). The van der Waals surface area contributed by atoms with E-state index in [-0.39, 0.29) is 18.7 Å². The van der Waals surface area contributed by atoms with Crippen molar-refractivity contribution in [2.75, 3.05) is 0 Å². The summed E-state index contributed by atoms with van der Waals surface area (Å²) in [7, 11) is 0. The first-order valence-electron chi connectivity index (χ1n) is 5.39. The van der Waals surface area contributed by atoms with Gasteiger partial charge in [0.1, 0.15) is 0 Å². The number of rotatable bonds is 2. The number of hydrogen-bond acceptors (Lipinski definition) is 2. The first-order valence-corrected chi connectivity index (χ1v) is 5.39. The summed E-state index contributed by atoms with van der Waals surface area (Å²) < 4.78 is 38.3. The molecule has 92 valence electrons. The lowest BCUT2D eigenvalue weighted by Crippen LogP contribution is -2.32. The molecular weight excluding hydrogens is 229 g/mol. The van der Waals surface area contributed by atoms with E-state index in [9.17, 15) is 13.2 Å². The van der Waals surface area contributed by atoms with E-state index in [1.807, 2.05) is 6.07 Å². The molecular formula is C12H13F3N2. The Balaban J connectivity index is 2.14. The van der Waals surface area contributed by atoms with Crippen LogP contribution in [0.1, 0.15) is 12.0 Å². The van der Waals surface area contributed by atoms with Crippen LogP contribution in [0.2, 0.25) is 0 Å². The van der Waals surface area contributed by atoms with Gasteiger partial charge in [0.15, 0.2) is 0 Å². The topological polar surface area (TPSA) is 38.4 Å². The summed E-state index contributed by atoms with van der Waals surface area (Å²) in [4.78, 5) is 3.91. The van der Waals surface area contributed by atoms with Crippen LogP contribution in [0.5, 0.6) is 0 Å². The van der Waals surface area contributed by atoms with E-state index >= 15 is 0 Å². The summed E-state index contributed by atoms with van der Waals surface area (Å²) in [6.45, 7) is 0. The van der Waals surface area contributed by atoms with E-state index in [4.69, 9.17) is 5.73 Å². The highest BCUT2D eigenvalue weighted by Gasteiger charge is 2.47. The molecule has 1 unspecified atom stereocenters. The van der Waals surface area contributed by atoms with Crippen LogP contribution in [0, 0.1) is 5.92 Å². The van der Waals surface area contributed by atoms with Crippen molar-refractivity contribution < 1.29 is 13.2 Å². The average molecular weight is 242 g/mol. The molecule has 0 saturated heterocycles. The maximum atomic E-state index is 12.8. The number of aliphatic imine (C=N–C) groups is 1. The van der Waals surface area contributed by atoms with E-state index in [2.05, 4.69) is 4.99 Å². The van der Waals surface area contributed by atoms with Crippen LogP contribution in [0.4, 0.5) is 13.2 Å². The predicted octanol–water partition coefficient (Wildman–Crippen LogP) is 2.54. The number of nitrogens with zero attached hydrogens (tertiary/aromatic N) is 1. The van der Waals surface area contributed by atoms with Crippen molar-refractivity contribution in [2.24, 2.45) is 16.6 Å². The molecule has 0 aromatic heterocycles. The lowest BCUT2D eigenvalue weighted by atomic mass is 9.93. The van der Waals surface area contributed by atoms with Gasteiger partial charge in [0.25, 0.3) is 0 Å². The van der Waals surface area contributed by atoms with Gasteiger partial charge in [-0.15, -0.1) is 0 Å². The van der Waals surface area contributed by atoms with Crippen LogP contribution in [0.15, 0.2) is 35.3 Å². The molecule has 0 spiro atoms. The third kappa shape index (κ3) is 2.78. The molecule has 1 aromatic rings. The Morgan fingerprint density at radius 2 is 1.88 bits per heavy atom. The van der Waals surface area contributed by atoms with Gasteiger partial charge in [0.05, 0.1) is 17.8 Å². The first-order chi connectivity index (χ1) is 7.97. The van der Waals surface area contributed by atoms with Crippen molar-refractivity contribution in [1.82, 2.24) is 0 Å². The number of alkyl halides is 3. The second-order valence-electron chi connectivity index (χ2n) is 4.23. The summed E-state index contributed by atoms with van der Waals surface area (Å²) in [6.07, 6.45) is -4.13. The second kappa shape index (κ2) is 4.39. The van der Waals surface area contributed by atoms with Crippen molar-refractivity contribution in [3.63, 3.8) is 0 Å². The first kappa shape index (κ1) is 12.0. The maximum absolute atomic E-state index is 12.8. The Bertz CT molecular complexity index is 412. The zero-order valence-corrected chi connectivity index (χ0v) is 9.11. The number of nitrogens with two attached hydrogens (primary N) is 1. The van der Waals surface area contributed by atoms with Crippen LogP contribution in [0.3, 0.4) is 0 Å². The third-order valence-electron chi connectivity index (χ3n) is 2.93. The Morgan fingerprint density at radius 3 is 2.47 bits per heavy atom. The highest BCUT2D eigenvalue weighted by molar-refractivity contribution is 5.82. The minimum Gasteiger partial charge on any atom is -0.387 e. The Labute approximate surface area is 97.3 Å². The zero-order valence-electron chi connectivity index (χ0n) is 9.11. The molecule has 2 atom stereocenters. The van der Waals surface area contributed by atoms with Gasteiger partial charge in [0, 0.05) is 6.42 Å². The van der Waals surface area contributed by atoms with Crippen LogP contribution in [-0.2, 0) is 6.42 Å².